The van der Waals surface area contributed by atoms with Crippen LogP contribution in [0.5, 0.6) is 0 Å². The van der Waals surface area contributed by atoms with E-state index in [-0.39, 0.29) is 0 Å². The Morgan fingerprint density at radius 2 is 1.92 bits per heavy atom. The van der Waals surface area contributed by atoms with Crippen molar-refractivity contribution < 1.29 is 4.79 Å². The molecule has 1 heterocycles. The van der Waals surface area contributed by atoms with Gasteiger partial charge < -0.3 is 0 Å². The number of hydrogen-bond acceptors (Lipinski definition) is 1. The van der Waals surface area contributed by atoms with Crippen LogP contribution in [0.2, 0.25) is 0 Å². The molecule has 0 amide bonds. The summed E-state index contributed by atoms with van der Waals surface area (Å²) < 4.78 is 1.69. The first-order valence-corrected chi connectivity index (χ1v) is 4.27. The number of para-hydroxylation sites is 1. The molecule has 0 fully saturated rings. The molecule has 2 aromatic rings. The molecule has 0 saturated heterocycles. The van der Waals surface area contributed by atoms with Gasteiger partial charge >= 0.3 is 0 Å². The molecule has 0 saturated carbocycles. The summed E-state index contributed by atoms with van der Waals surface area (Å²) in [7, 11) is 0. The second-order valence-electron chi connectivity index (χ2n) is 3.20. The van der Waals surface area contributed by atoms with Crippen molar-refractivity contribution in [2.45, 2.75) is 13.8 Å². The zero-order valence-corrected chi connectivity index (χ0v) is 7.74. The van der Waals surface area contributed by atoms with Gasteiger partial charge in [-0.1, -0.05) is 18.2 Å². The highest BCUT2D eigenvalue weighted by atomic mass is 16.1. The Balaban J connectivity index is 2.98. The summed E-state index contributed by atoms with van der Waals surface area (Å²) in [6.07, 6.45) is 0.866. The standard InChI is InChI=1S/C11H11NO/c1-8-9(2)12(7-13)11-6-4-3-5-10(8)11/h3-7H,1-2H3. The number of nitrogens with zero attached hydrogens (tertiary/aromatic N) is 1. The SMILES string of the molecule is Cc1c(C)n(C=O)c2ccccc12. The molecular weight excluding hydrogens is 162 g/mol. The van der Waals surface area contributed by atoms with Gasteiger partial charge in [0.05, 0.1) is 5.52 Å². The Labute approximate surface area is 76.8 Å². The maximum atomic E-state index is 10.8. The van der Waals surface area contributed by atoms with Gasteiger partial charge in [0.1, 0.15) is 0 Å². The van der Waals surface area contributed by atoms with E-state index in [9.17, 15) is 4.79 Å². The number of carbonyl (C=O) groups excluding carboxylic acids is 1. The molecule has 2 nitrogen and oxygen atoms in total. The van der Waals surface area contributed by atoms with Crippen molar-refractivity contribution in [3.05, 3.63) is 35.5 Å². The number of carbonyl (C=O) groups is 1. The smallest absolute Gasteiger partial charge is 0.218 e. The molecule has 66 valence electrons. The quantitative estimate of drug-likeness (QED) is 0.606. The second-order valence-corrected chi connectivity index (χ2v) is 3.20. The highest BCUT2D eigenvalue weighted by molar-refractivity contribution is 5.89. The Bertz CT molecular complexity index is 468. The summed E-state index contributed by atoms with van der Waals surface area (Å²) in [5, 5.41) is 1.16. The van der Waals surface area contributed by atoms with E-state index in [0.717, 1.165) is 23.0 Å². The molecule has 0 atom stereocenters. The summed E-state index contributed by atoms with van der Waals surface area (Å²) >= 11 is 0. The Morgan fingerprint density at radius 3 is 2.62 bits per heavy atom. The van der Waals surface area contributed by atoms with Crippen molar-refractivity contribution in [2.24, 2.45) is 0 Å². The van der Waals surface area contributed by atoms with E-state index in [2.05, 4.69) is 0 Å². The van der Waals surface area contributed by atoms with Crippen LogP contribution in [0.1, 0.15) is 11.3 Å². The second kappa shape index (κ2) is 2.73. The minimum atomic E-state index is 0.866. The van der Waals surface area contributed by atoms with Gasteiger partial charge in [0.25, 0.3) is 0 Å². The molecule has 1 aromatic carbocycles. The lowest BCUT2D eigenvalue weighted by Crippen LogP contribution is -1.96. The van der Waals surface area contributed by atoms with Crippen LogP contribution in [0, 0.1) is 13.8 Å². The molecule has 0 spiro atoms. The normalized spacial score (nSPS) is 10.6. The lowest BCUT2D eigenvalue weighted by atomic mass is 10.2. The van der Waals surface area contributed by atoms with E-state index in [0.29, 0.717) is 0 Å². The molecule has 2 heteroatoms. The van der Waals surface area contributed by atoms with E-state index < -0.39 is 0 Å². The molecule has 0 N–H and O–H groups in total. The number of aromatic nitrogens is 1. The van der Waals surface area contributed by atoms with Crippen molar-refractivity contribution in [3.63, 3.8) is 0 Å². The summed E-state index contributed by atoms with van der Waals surface area (Å²) in [5.74, 6) is 0. The number of aryl methyl sites for hydroxylation is 1. The fourth-order valence-corrected chi connectivity index (χ4v) is 1.69. The molecule has 0 aliphatic rings. The molecule has 2 rings (SSSR count). The van der Waals surface area contributed by atoms with Crippen molar-refractivity contribution in [3.8, 4) is 0 Å². The van der Waals surface area contributed by atoms with Crippen LogP contribution < -0.4 is 0 Å². The number of benzene rings is 1. The third kappa shape index (κ3) is 0.985. The van der Waals surface area contributed by atoms with Crippen LogP contribution in [-0.4, -0.2) is 11.0 Å². The van der Waals surface area contributed by atoms with Gasteiger partial charge in [-0.05, 0) is 25.5 Å². The topological polar surface area (TPSA) is 22.0 Å². The number of rotatable bonds is 1. The van der Waals surface area contributed by atoms with Crippen molar-refractivity contribution in [1.29, 1.82) is 0 Å². The van der Waals surface area contributed by atoms with Gasteiger partial charge in [0, 0.05) is 11.1 Å². The summed E-state index contributed by atoms with van der Waals surface area (Å²) in [6.45, 7) is 4.00. The first kappa shape index (κ1) is 8.05. The Hall–Kier alpha value is -1.57. The minimum Gasteiger partial charge on any atom is -0.287 e. The fraction of sp³-hybridized carbons (Fsp3) is 0.182. The van der Waals surface area contributed by atoms with Crippen molar-refractivity contribution >= 4 is 17.3 Å². The van der Waals surface area contributed by atoms with Crippen LogP contribution in [0.25, 0.3) is 10.9 Å². The van der Waals surface area contributed by atoms with E-state index in [4.69, 9.17) is 0 Å². The Kier molecular flexibility index (Phi) is 1.69. The third-order valence-electron chi connectivity index (χ3n) is 2.58. The van der Waals surface area contributed by atoms with Gasteiger partial charge in [0.2, 0.25) is 6.41 Å². The van der Waals surface area contributed by atoms with Gasteiger partial charge in [0.15, 0.2) is 0 Å². The average Bonchev–Trinajstić information content (AvgIpc) is 2.41. The first-order valence-electron chi connectivity index (χ1n) is 4.27. The van der Waals surface area contributed by atoms with E-state index in [1.54, 1.807) is 4.57 Å². The highest BCUT2D eigenvalue weighted by Gasteiger charge is 2.08. The molecule has 0 radical (unpaired) electrons. The summed E-state index contributed by atoms with van der Waals surface area (Å²) in [6, 6.07) is 7.94. The van der Waals surface area contributed by atoms with Crippen LogP contribution in [0.3, 0.4) is 0 Å². The predicted octanol–water partition coefficient (Wildman–Crippen LogP) is 2.30. The minimum absolute atomic E-state index is 0.866. The van der Waals surface area contributed by atoms with Gasteiger partial charge in [-0.15, -0.1) is 0 Å². The summed E-state index contributed by atoms with van der Waals surface area (Å²) in [4.78, 5) is 10.8. The van der Waals surface area contributed by atoms with Crippen LogP contribution in [0.4, 0.5) is 0 Å². The average molecular weight is 173 g/mol. The zero-order chi connectivity index (χ0) is 9.42. The molecule has 0 aliphatic carbocycles. The third-order valence-corrected chi connectivity index (χ3v) is 2.58. The largest absolute Gasteiger partial charge is 0.287 e. The van der Waals surface area contributed by atoms with Gasteiger partial charge in [-0.2, -0.15) is 0 Å². The number of fused-ring (bicyclic) bond motifs is 1. The van der Waals surface area contributed by atoms with E-state index in [1.165, 1.54) is 5.56 Å². The lowest BCUT2D eigenvalue weighted by molar-refractivity contribution is 0.548. The maximum Gasteiger partial charge on any atom is 0.218 e. The molecule has 13 heavy (non-hydrogen) atoms. The van der Waals surface area contributed by atoms with Crippen molar-refractivity contribution in [2.75, 3.05) is 0 Å². The molecule has 0 aliphatic heterocycles. The molecule has 0 bridgehead atoms. The number of hydrogen-bond donors (Lipinski definition) is 0. The highest BCUT2D eigenvalue weighted by Crippen LogP contribution is 2.23. The Morgan fingerprint density at radius 1 is 1.23 bits per heavy atom. The van der Waals surface area contributed by atoms with Crippen LogP contribution >= 0.6 is 0 Å². The van der Waals surface area contributed by atoms with Crippen molar-refractivity contribution in [1.82, 2.24) is 4.57 Å². The predicted molar refractivity (Wildman–Crippen MR) is 53.6 cm³/mol. The van der Waals surface area contributed by atoms with Crippen LogP contribution in [0.15, 0.2) is 24.3 Å². The molecule has 0 unspecified atom stereocenters. The molecular formula is C11H11NO. The van der Waals surface area contributed by atoms with Crippen LogP contribution in [-0.2, 0) is 4.79 Å². The lowest BCUT2D eigenvalue weighted by Gasteiger charge is -1.95. The van der Waals surface area contributed by atoms with E-state index in [1.807, 2.05) is 38.1 Å². The van der Waals surface area contributed by atoms with Gasteiger partial charge in [-0.3, -0.25) is 9.36 Å². The fourth-order valence-electron chi connectivity index (χ4n) is 1.69. The molecule has 1 aromatic heterocycles. The zero-order valence-electron chi connectivity index (χ0n) is 7.74. The van der Waals surface area contributed by atoms with Gasteiger partial charge in [-0.25, -0.2) is 0 Å². The monoisotopic (exact) mass is 173 g/mol. The first-order chi connectivity index (χ1) is 6.25. The summed E-state index contributed by atoms with van der Waals surface area (Å²) in [5.41, 5.74) is 3.20. The maximum absolute atomic E-state index is 10.8. The van der Waals surface area contributed by atoms with E-state index >= 15 is 0 Å².